The molecule has 0 bridgehead atoms. The van der Waals surface area contributed by atoms with Crippen molar-refractivity contribution in [3.05, 3.63) is 58.3 Å². The fraction of sp³-hybridized carbons (Fsp3) is 0. The first-order chi connectivity index (χ1) is 8.58. The molecule has 0 aliphatic rings. The minimum absolute atomic E-state index is 0.0379. The van der Waals surface area contributed by atoms with Gasteiger partial charge in [0.05, 0.1) is 5.69 Å². The fourth-order valence-corrected chi connectivity index (χ4v) is 1.38. The molecule has 0 saturated heterocycles. The van der Waals surface area contributed by atoms with Crippen LogP contribution in [0.3, 0.4) is 0 Å². The van der Waals surface area contributed by atoms with Crippen LogP contribution >= 0.6 is 0 Å². The second kappa shape index (κ2) is 4.70. The third kappa shape index (κ3) is 2.37. The number of pyridine rings is 1. The number of carbonyl (C=O) groups is 1. The van der Waals surface area contributed by atoms with Gasteiger partial charge in [-0.25, -0.2) is 4.39 Å². The van der Waals surface area contributed by atoms with Gasteiger partial charge in [-0.1, -0.05) is 0 Å². The maximum Gasteiger partial charge on any atom is 0.271 e. The van der Waals surface area contributed by atoms with Crippen LogP contribution in [0.4, 0.5) is 15.8 Å². The lowest BCUT2D eigenvalue weighted by atomic mass is 10.2. The maximum absolute atomic E-state index is 13.2. The van der Waals surface area contributed by atoms with Crippen molar-refractivity contribution in [3.63, 3.8) is 0 Å². The first kappa shape index (κ1) is 11.8. The van der Waals surface area contributed by atoms with Crippen LogP contribution in [0.15, 0.2) is 41.3 Å². The predicted molar refractivity (Wildman–Crippen MR) is 65.8 cm³/mol. The van der Waals surface area contributed by atoms with Crippen molar-refractivity contribution in [2.24, 2.45) is 0 Å². The molecule has 0 radical (unpaired) electrons. The van der Waals surface area contributed by atoms with Crippen molar-refractivity contribution in [1.82, 2.24) is 4.98 Å². The fourth-order valence-electron chi connectivity index (χ4n) is 1.38. The number of amides is 1. The minimum atomic E-state index is -0.676. The van der Waals surface area contributed by atoms with E-state index in [-0.39, 0.29) is 16.9 Å². The van der Waals surface area contributed by atoms with Crippen molar-refractivity contribution in [2.45, 2.75) is 0 Å². The number of aromatic nitrogens is 1. The molecule has 0 aliphatic carbocycles. The van der Waals surface area contributed by atoms with Gasteiger partial charge in [0.2, 0.25) is 0 Å². The summed E-state index contributed by atoms with van der Waals surface area (Å²) in [4.78, 5) is 25.5. The normalized spacial score (nSPS) is 10.1. The molecule has 1 aromatic carbocycles. The molecule has 1 aromatic heterocycles. The molecular weight excluding hydrogens is 237 g/mol. The van der Waals surface area contributed by atoms with Gasteiger partial charge in [0, 0.05) is 11.8 Å². The lowest BCUT2D eigenvalue weighted by Crippen LogP contribution is -2.19. The molecule has 1 heterocycles. The number of carbonyl (C=O) groups excluding carboxylic acids is 1. The Kier molecular flexibility index (Phi) is 3.09. The van der Waals surface area contributed by atoms with Gasteiger partial charge in [0.1, 0.15) is 11.5 Å². The van der Waals surface area contributed by atoms with E-state index < -0.39 is 17.3 Å². The molecule has 2 aromatic rings. The SMILES string of the molecule is Nc1ccc(C(=O)Nc2ccc[nH]c2=O)cc1F. The summed E-state index contributed by atoms with van der Waals surface area (Å²) in [7, 11) is 0. The van der Waals surface area contributed by atoms with Gasteiger partial charge in [-0.2, -0.15) is 0 Å². The van der Waals surface area contributed by atoms with E-state index in [1.54, 1.807) is 6.07 Å². The van der Waals surface area contributed by atoms with E-state index >= 15 is 0 Å². The minimum Gasteiger partial charge on any atom is -0.396 e. The standard InChI is InChI=1S/C12H10FN3O2/c13-8-6-7(3-4-9(8)14)11(17)16-10-2-1-5-15-12(10)18/h1-6H,14H2,(H,15,18)(H,16,17). The molecule has 0 aliphatic heterocycles. The van der Waals surface area contributed by atoms with E-state index in [4.69, 9.17) is 5.73 Å². The van der Waals surface area contributed by atoms with Gasteiger partial charge in [-0.05, 0) is 30.3 Å². The Hall–Kier alpha value is -2.63. The van der Waals surface area contributed by atoms with Crippen LogP contribution in [0.25, 0.3) is 0 Å². The molecule has 4 N–H and O–H groups in total. The second-order valence-electron chi connectivity index (χ2n) is 3.60. The van der Waals surface area contributed by atoms with Crippen LogP contribution in [0.2, 0.25) is 0 Å². The zero-order valence-corrected chi connectivity index (χ0v) is 9.24. The zero-order valence-electron chi connectivity index (χ0n) is 9.24. The van der Waals surface area contributed by atoms with Crippen molar-refractivity contribution < 1.29 is 9.18 Å². The highest BCUT2D eigenvalue weighted by Gasteiger charge is 2.10. The quantitative estimate of drug-likeness (QED) is 0.700. The molecule has 0 fully saturated rings. The molecule has 0 unspecified atom stereocenters. The topological polar surface area (TPSA) is 88.0 Å². The number of halogens is 1. The summed E-state index contributed by atoms with van der Waals surface area (Å²) >= 11 is 0. The lowest BCUT2D eigenvalue weighted by Gasteiger charge is -2.05. The number of rotatable bonds is 2. The molecule has 5 nitrogen and oxygen atoms in total. The van der Waals surface area contributed by atoms with Gasteiger partial charge >= 0.3 is 0 Å². The Balaban J connectivity index is 2.25. The Morgan fingerprint density at radius 3 is 2.78 bits per heavy atom. The van der Waals surface area contributed by atoms with Crippen LogP contribution in [-0.2, 0) is 0 Å². The van der Waals surface area contributed by atoms with E-state index in [2.05, 4.69) is 10.3 Å². The average Bonchev–Trinajstić information content (AvgIpc) is 2.35. The molecule has 0 spiro atoms. The van der Waals surface area contributed by atoms with Crippen molar-refractivity contribution in [3.8, 4) is 0 Å². The average molecular weight is 247 g/mol. The second-order valence-corrected chi connectivity index (χ2v) is 3.60. The number of anilines is 2. The van der Waals surface area contributed by atoms with Crippen LogP contribution in [-0.4, -0.2) is 10.9 Å². The molecule has 92 valence electrons. The van der Waals surface area contributed by atoms with Gasteiger partial charge in [-0.15, -0.1) is 0 Å². The van der Waals surface area contributed by atoms with E-state index in [0.717, 1.165) is 6.07 Å². The first-order valence-electron chi connectivity index (χ1n) is 5.12. The van der Waals surface area contributed by atoms with E-state index in [1.165, 1.54) is 24.4 Å². The number of hydrogen-bond donors (Lipinski definition) is 3. The summed E-state index contributed by atoms with van der Waals surface area (Å²) in [6.45, 7) is 0. The summed E-state index contributed by atoms with van der Waals surface area (Å²) in [5, 5.41) is 2.38. The molecule has 0 atom stereocenters. The number of nitrogens with one attached hydrogen (secondary N) is 2. The summed E-state index contributed by atoms with van der Waals surface area (Å²) in [6.07, 6.45) is 1.45. The third-order valence-corrected chi connectivity index (χ3v) is 2.33. The van der Waals surface area contributed by atoms with E-state index in [0.29, 0.717) is 0 Å². The molecule has 0 saturated carbocycles. The highest BCUT2D eigenvalue weighted by Crippen LogP contribution is 2.12. The Morgan fingerprint density at radius 1 is 1.33 bits per heavy atom. The number of nitrogen functional groups attached to an aromatic ring is 1. The monoisotopic (exact) mass is 247 g/mol. The van der Waals surface area contributed by atoms with Gasteiger partial charge in [0.25, 0.3) is 11.5 Å². The Morgan fingerprint density at radius 2 is 2.11 bits per heavy atom. The Labute approximate surface area is 101 Å². The van der Waals surface area contributed by atoms with Crippen molar-refractivity contribution in [2.75, 3.05) is 11.1 Å². The van der Waals surface area contributed by atoms with Crippen LogP contribution < -0.4 is 16.6 Å². The number of nitrogens with two attached hydrogens (primary N) is 1. The van der Waals surface area contributed by atoms with E-state index in [9.17, 15) is 14.0 Å². The number of hydrogen-bond acceptors (Lipinski definition) is 3. The molecule has 2 rings (SSSR count). The summed E-state index contributed by atoms with van der Waals surface area (Å²) in [6, 6.07) is 6.71. The lowest BCUT2D eigenvalue weighted by molar-refractivity contribution is 0.102. The smallest absolute Gasteiger partial charge is 0.271 e. The maximum atomic E-state index is 13.2. The van der Waals surface area contributed by atoms with Crippen LogP contribution in [0.1, 0.15) is 10.4 Å². The van der Waals surface area contributed by atoms with Crippen molar-refractivity contribution in [1.29, 1.82) is 0 Å². The molecule has 6 heteroatoms. The van der Waals surface area contributed by atoms with E-state index in [1.807, 2.05) is 0 Å². The summed E-state index contributed by atoms with van der Waals surface area (Å²) < 4.78 is 13.2. The largest absolute Gasteiger partial charge is 0.396 e. The third-order valence-electron chi connectivity index (χ3n) is 2.33. The highest BCUT2D eigenvalue weighted by atomic mass is 19.1. The Bertz CT molecular complexity index is 652. The van der Waals surface area contributed by atoms with Gasteiger partial charge < -0.3 is 16.0 Å². The summed E-state index contributed by atoms with van der Waals surface area (Å²) in [5.74, 6) is -1.25. The van der Waals surface area contributed by atoms with Gasteiger partial charge in [-0.3, -0.25) is 9.59 Å². The van der Waals surface area contributed by atoms with Crippen LogP contribution in [0, 0.1) is 5.82 Å². The predicted octanol–water partition coefficient (Wildman–Crippen LogP) is 1.35. The summed E-state index contributed by atoms with van der Waals surface area (Å²) in [5.41, 5.74) is 5.02. The first-order valence-corrected chi connectivity index (χ1v) is 5.12. The van der Waals surface area contributed by atoms with Crippen molar-refractivity contribution >= 4 is 17.3 Å². The number of H-pyrrole nitrogens is 1. The molecule has 18 heavy (non-hydrogen) atoms. The molecule has 1 amide bonds. The zero-order chi connectivity index (χ0) is 13.1. The highest BCUT2D eigenvalue weighted by molar-refractivity contribution is 6.04. The number of aromatic amines is 1. The molecular formula is C12H10FN3O2. The van der Waals surface area contributed by atoms with Gasteiger partial charge in [0.15, 0.2) is 0 Å². The number of benzene rings is 1. The van der Waals surface area contributed by atoms with Crippen LogP contribution in [0.5, 0.6) is 0 Å².